The van der Waals surface area contributed by atoms with Gasteiger partial charge in [-0.2, -0.15) is 0 Å². The van der Waals surface area contributed by atoms with E-state index in [1.54, 1.807) is 0 Å². The number of rotatable bonds is 1. The van der Waals surface area contributed by atoms with Gasteiger partial charge in [0, 0.05) is 26.2 Å². The van der Waals surface area contributed by atoms with Crippen LogP contribution >= 0.6 is 24.8 Å². The molecule has 3 heterocycles. The molecule has 0 spiro atoms. The Morgan fingerprint density at radius 1 is 1.00 bits per heavy atom. The van der Waals surface area contributed by atoms with Gasteiger partial charge in [-0.1, -0.05) is 0 Å². The normalized spacial score (nSPS) is 33.4. The molecule has 0 saturated carbocycles. The summed E-state index contributed by atoms with van der Waals surface area (Å²) in [6.45, 7) is 6.26. The maximum absolute atomic E-state index is 12.4. The van der Waals surface area contributed by atoms with Crippen LogP contribution in [0.15, 0.2) is 0 Å². The fraction of sp³-hybridized carbons (Fsp3) is 0.923. The highest BCUT2D eigenvalue weighted by Gasteiger charge is 2.33. The van der Waals surface area contributed by atoms with Crippen LogP contribution in [0.2, 0.25) is 0 Å². The second kappa shape index (κ2) is 8.39. The van der Waals surface area contributed by atoms with Crippen molar-refractivity contribution >= 4 is 30.7 Å². The third kappa shape index (κ3) is 3.98. The second-order valence-electron chi connectivity index (χ2n) is 5.64. The van der Waals surface area contributed by atoms with Gasteiger partial charge in [0.2, 0.25) is 0 Å². The van der Waals surface area contributed by atoms with Crippen molar-refractivity contribution in [2.45, 2.75) is 18.9 Å². The number of likely N-dealkylation sites (tertiary alicyclic amines) is 1. The molecule has 7 heteroatoms. The van der Waals surface area contributed by atoms with Crippen molar-refractivity contribution in [3.63, 3.8) is 0 Å². The molecule has 20 heavy (non-hydrogen) atoms. The minimum Gasteiger partial charge on any atom is -0.366 e. The highest BCUT2D eigenvalue weighted by molar-refractivity contribution is 5.85. The standard InChI is InChI=1S/C13H23N3O2.2ClH/c17-13(12-9-14-3-6-18-12)16-4-1-10-7-15-8-11(10)2-5-16;;/h10-12,14-15H,1-9H2;2*1H/t10-,11+,12-;;/m1../s1. The first kappa shape index (κ1) is 18.0. The summed E-state index contributed by atoms with van der Waals surface area (Å²) in [5.74, 6) is 1.73. The predicted octanol–water partition coefficient (Wildman–Crippen LogP) is 0.276. The van der Waals surface area contributed by atoms with E-state index in [0.29, 0.717) is 13.2 Å². The second-order valence-corrected chi connectivity index (χ2v) is 5.64. The van der Waals surface area contributed by atoms with E-state index in [-0.39, 0.29) is 36.8 Å². The molecule has 0 aromatic rings. The van der Waals surface area contributed by atoms with Crippen LogP contribution in [0, 0.1) is 11.8 Å². The van der Waals surface area contributed by atoms with Crippen molar-refractivity contribution in [3.05, 3.63) is 0 Å². The van der Waals surface area contributed by atoms with E-state index in [1.165, 1.54) is 0 Å². The number of nitrogens with one attached hydrogen (secondary N) is 2. The molecule has 0 aliphatic carbocycles. The number of carbonyl (C=O) groups excluding carboxylic acids is 1. The van der Waals surface area contributed by atoms with Gasteiger partial charge in [0.15, 0.2) is 0 Å². The molecule has 3 atom stereocenters. The first-order chi connectivity index (χ1) is 8.84. The number of halogens is 2. The number of nitrogens with zero attached hydrogens (tertiary/aromatic N) is 1. The smallest absolute Gasteiger partial charge is 0.253 e. The van der Waals surface area contributed by atoms with Crippen molar-refractivity contribution in [1.82, 2.24) is 15.5 Å². The third-order valence-corrected chi connectivity index (χ3v) is 4.53. The lowest BCUT2D eigenvalue weighted by atomic mass is 9.92. The molecule has 2 N–H and O–H groups in total. The Kier molecular flexibility index (Phi) is 7.54. The Bertz CT molecular complexity index is 300. The summed E-state index contributed by atoms with van der Waals surface area (Å²) in [4.78, 5) is 14.4. The lowest BCUT2D eigenvalue weighted by Gasteiger charge is -2.29. The zero-order chi connectivity index (χ0) is 12.4. The molecular formula is C13H25Cl2N3O2. The zero-order valence-electron chi connectivity index (χ0n) is 11.7. The Balaban J connectivity index is 0.000001000. The quantitative estimate of drug-likeness (QED) is 0.727. The summed E-state index contributed by atoms with van der Waals surface area (Å²) >= 11 is 0. The van der Waals surface area contributed by atoms with Gasteiger partial charge in [-0.3, -0.25) is 4.79 Å². The van der Waals surface area contributed by atoms with Crippen molar-refractivity contribution in [3.8, 4) is 0 Å². The van der Waals surface area contributed by atoms with Crippen LogP contribution in [0.3, 0.4) is 0 Å². The van der Waals surface area contributed by atoms with Crippen molar-refractivity contribution < 1.29 is 9.53 Å². The molecule has 3 aliphatic rings. The highest BCUT2D eigenvalue weighted by Crippen LogP contribution is 2.27. The van der Waals surface area contributed by atoms with E-state index < -0.39 is 0 Å². The molecule has 3 rings (SSSR count). The van der Waals surface area contributed by atoms with Crippen LogP contribution in [0.4, 0.5) is 0 Å². The number of ether oxygens (including phenoxy) is 1. The van der Waals surface area contributed by atoms with E-state index in [4.69, 9.17) is 4.74 Å². The Morgan fingerprint density at radius 2 is 1.65 bits per heavy atom. The van der Waals surface area contributed by atoms with E-state index in [0.717, 1.165) is 57.4 Å². The Hall–Kier alpha value is -0.0700. The summed E-state index contributed by atoms with van der Waals surface area (Å²) in [7, 11) is 0. The van der Waals surface area contributed by atoms with Gasteiger partial charge < -0.3 is 20.3 Å². The number of carbonyl (C=O) groups is 1. The van der Waals surface area contributed by atoms with Crippen LogP contribution in [-0.2, 0) is 9.53 Å². The number of amides is 1. The van der Waals surface area contributed by atoms with Gasteiger partial charge in [0.25, 0.3) is 5.91 Å². The molecular weight excluding hydrogens is 301 g/mol. The maximum Gasteiger partial charge on any atom is 0.253 e. The number of hydrogen-bond donors (Lipinski definition) is 2. The average Bonchev–Trinajstić information content (AvgIpc) is 2.78. The minimum atomic E-state index is -0.255. The molecule has 3 saturated heterocycles. The molecule has 0 aromatic heterocycles. The van der Waals surface area contributed by atoms with Gasteiger partial charge in [-0.15, -0.1) is 24.8 Å². The summed E-state index contributed by atoms with van der Waals surface area (Å²) in [6, 6.07) is 0. The Labute approximate surface area is 133 Å². The molecule has 3 aliphatic heterocycles. The number of morpholine rings is 1. The van der Waals surface area contributed by atoms with Gasteiger partial charge in [0.05, 0.1) is 6.61 Å². The lowest BCUT2D eigenvalue weighted by molar-refractivity contribution is -0.145. The fourth-order valence-corrected chi connectivity index (χ4v) is 3.37. The SMILES string of the molecule is Cl.Cl.O=C([C@H]1CNCCO1)N1CC[C@@H]2CNC[C@@H]2CC1. The number of fused-ring (bicyclic) bond motifs is 1. The van der Waals surface area contributed by atoms with Crippen LogP contribution in [-0.4, -0.2) is 62.8 Å². The summed E-state index contributed by atoms with van der Waals surface area (Å²) in [5, 5.41) is 6.69. The van der Waals surface area contributed by atoms with Crippen LogP contribution < -0.4 is 10.6 Å². The summed E-state index contributed by atoms with van der Waals surface area (Å²) < 4.78 is 5.56. The largest absolute Gasteiger partial charge is 0.366 e. The van der Waals surface area contributed by atoms with Gasteiger partial charge in [-0.05, 0) is 37.8 Å². The van der Waals surface area contributed by atoms with Crippen molar-refractivity contribution in [1.29, 1.82) is 0 Å². The monoisotopic (exact) mass is 325 g/mol. The molecule has 0 radical (unpaired) electrons. The topological polar surface area (TPSA) is 53.6 Å². The van der Waals surface area contributed by atoms with Crippen LogP contribution in [0.1, 0.15) is 12.8 Å². The average molecular weight is 326 g/mol. The summed E-state index contributed by atoms with van der Waals surface area (Å²) in [5.41, 5.74) is 0. The molecule has 3 fully saturated rings. The zero-order valence-corrected chi connectivity index (χ0v) is 13.3. The van der Waals surface area contributed by atoms with E-state index >= 15 is 0 Å². The molecule has 0 aromatic carbocycles. The fourth-order valence-electron chi connectivity index (χ4n) is 3.37. The Morgan fingerprint density at radius 3 is 2.20 bits per heavy atom. The molecule has 118 valence electrons. The van der Waals surface area contributed by atoms with Crippen molar-refractivity contribution in [2.24, 2.45) is 11.8 Å². The highest BCUT2D eigenvalue weighted by atomic mass is 35.5. The van der Waals surface area contributed by atoms with Crippen LogP contribution in [0.5, 0.6) is 0 Å². The lowest BCUT2D eigenvalue weighted by Crippen LogP contribution is -2.49. The minimum absolute atomic E-state index is 0. The van der Waals surface area contributed by atoms with E-state index in [9.17, 15) is 4.79 Å². The van der Waals surface area contributed by atoms with Gasteiger partial charge in [0.1, 0.15) is 6.10 Å². The van der Waals surface area contributed by atoms with E-state index in [1.807, 2.05) is 4.90 Å². The number of hydrogen-bond acceptors (Lipinski definition) is 4. The molecule has 0 bridgehead atoms. The summed E-state index contributed by atoms with van der Waals surface area (Å²) in [6.07, 6.45) is 2.03. The molecule has 1 amide bonds. The molecule has 5 nitrogen and oxygen atoms in total. The van der Waals surface area contributed by atoms with Crippen LogP contribution in [0.25, 0.3) is 0 Å². The maximum atomic E-state index is 12.4. The first-order valence-corrected chi connectivity index (χ1v) is 7.16. The first-order valence-electron chi connectivity index (χ1n) is 7.16. The van der Waals surface area contributed by atoms with Gasteiger partial charge in [-0.25, -0.2) is 0 Å². The third-order valence-electron chi connectivity index (χ3n) is 4.53. The predicted molar refractivity (Wildman–Crippen MR) is 82.8 cm³/mol. The van der Waals surface area contributed by atoms with Crippen molar-refractivity contribution in [2.75, 3.05) is 45.9 Å². The van der Waals surface area contributed by atoms with E-state index in [2.05, 4.69) is 10.6 Å². The van der Waals surface area contributed by atoms with Gasteiger partial charge >= 0.3 is 0 Å². The molecule has 0 unspecified atom stereocenters.